The van der Waals surface area contributed by atoms with Crippen LogP contribution in [0.1, 0.15) is 25.0 Å². The Balaban J connectivity index is 1.94. The van der Waals surface area contributed by atoms with Gasteiger partial charge in [-0.05, 0) is 43.1 Å². The SMILES string of the molecule is Cc1cc(Oc2ncc(CNCC(C)C)cn2)ccc1Br. The maximum Gasteiger partial charge on any atom is 0.321 e. The molecule has 2 aromatic rings. The van der Waals surface area contributed by atoms with Gasteiger partial charge in [-0.3, -0.25) is 0 Å². The molecule has 4 nitrogen and oxygen atoms in total. The van der Waals surface area contributed by atoms with Gasteiger partial charge in [0.2, 0.25) is 0 Å². The Labute approximate surface area is 134 Å². The van der Waals surface area contributed by atoms with Crippen molar-refractivity contribution in [2.75, 3.05) is 6.54 Å². The van der Waals surface area contributed by atoms with Crippen LogP contribution in [0.5, 0.6) is 11.8 Å². The van der Waals surface area contributed by atoms with Gasteiger partial charge in [-0.1, -0.05) is 29.8 Å². The Morgan fingerprint density at radius 3 is 2.57 bits per heavy atom. The third-order valence-corrected chi connectivity index (χ3v) is 3.79. The van der Waals surface area contributed by atoms with Crippen molar-refractivity contribution in [3.63, 3.8) is 0 Å². The number of nitrogens with zero attached hydrogens (tertiary/aromatic N) is 2. The summed E-state index contributed by atoms with van der Waals surface area (Å²) in [7, 11) is 0. The minimum atomic E-state index is 0.365. The van der Waals surface area contributed by atoms with Crippen LogP contribution in [0.2, 0.25) is 0 Å². The highest BCUT2D eigenvalue weighted by Gasteiger charge is 2.03. The molecule has 1 aromatic heterocycles. The summed E-state index contributed by atoms with van der Waals surface area (Å²) in [5.41, 5.74) is 2.16. The highest BCUT2D eigenvalue weighted by molar-refractivity contribution is 9.10. The van der Waals surface area contributed by atoms with Gasteiger partial charge in [-0.25, -0.2) is 9.97 Å². The van der Waals surface area contributed by atoms with E-state index >= 15 is 0 Å². The molecule has 0 saturated heterocycles. The van der Waals surface area contributed by atoms with E-state index in [0.29, 0.717) is 11.9 Å². The van der Waals surface area contributed by atoms with Crippen LogP contribution < -0.4 is 10.1 Å². The number of aromatic nitrogens is 2. The molecular formula is C16H20BrN3O. The van der Waals surface area contributed by atoms with E-state index in [1.54, 1.807) is 12.4 Å². The van der Waals surface area contributed by atoms with E-state index in [4.69, 9.17) is 4.74 Å². The highest BCUT2D eigenvalue weighted by atomic mass is 79.9. The molecular weight excluding hydrogens is 330 g/mol. The molecule has 0 atom stereocenters. The second kappa shape index (κ2) is 7.52. The molecule has 5 heteroatoms. The average molecular weight is 350 g/mol. The number of hydrogen-bond donors (Lipinski definition) is 1. The lowest BCUT2D eigenvalue weighted by atomic mass is 10.2. The second-order valence-corrected chi connectivity index (χ2v) is 6.27. The fraction of sp³-hybridized carbons (Fsp3) is 0.375. The van der Waals surface area contributed by atoms with E-state index in [1.165, 1.54) is 0 Å². The molecule has 0 aliphatic carbocycles. The van der Waals surface area contributed by atoms with Gasteiger partial charge in [-0.2, -0.15) is 0 Å². The molecule has 2 rings (SSSR count). The number of halogens is 1. The summed E-state index contributed by atoms with van der Waals surface area (Å²) in [6.45, 7) is 8.13. The number of aryl methyl sites for hydroxylation is 1. The van der Waals surface area contributed by atoms with Crippen LogP contribution in [-0.2, 0) is 6.54 Å². The first-order valence-electron chi connectivity index (χ1n) is 7.00. The average Bonchev–Trinajstić information content (AvgIpc) is 2.44. The first-order valence-corrected chi connectivity index (χ1v) is 7.79. The van der Waals surface area contributed by atoms with Gasteiger partial charge < -0.3 is 10.1 Å². The molecule has 1 aromatic carbocycles. The lowest BCUT2D eigenvalue weighted by Crippen LogP contribution is -2.19. The zero-order valence-electron chi connectivity index (χ0n) is 12.6. The normalized spacial score (nSPS) is 10.9. The van der Waals surface area contributed by atoms with Crippen LogP contribution in [0, 0.1) is 12.8 Å². The molecule has 0 aliphatic heterocycles. The van der Waals surface area contributed by atoms with Gasteiger partial charge in [0.25, 0.3) is 0 Å². The van der Waals surface area contributed by atoms with Crippen molar-refractivity contribution in [2.45, 2.75) is 27.3 Å². The number of ether oxygens (including phenoxy) is 1. The van der Waals surface area contributed by atoms with E-state index in [0.717, 1.165) is 34.4 Å². The smallest absolute Gasteiger partial charge is 0.321 e. The number of rotatable bonds is 6. The van der Waals surface area contributed by atoms with Gasteiger partial charge in [-0.15, -0.1) is 0 Å². The summed E-state index contributed by atoms with van der Waals surface area (Å²) in [5, 5.41) is 3.36. The molecule has 0 amide bonds. The lowest BCUT2D eigenvalue weighted by Gasteiger charge is -2.08. The van der Waals surface area contributed by atoms with Crippen LogP contribution in [0.3, 0.4) is 0 Å². The van der Waals surface area contributed by atoms with Gasteiger partial charge >= 0.3 is 6.01 Å². The lowest BCUT2D eigenvalue weighted by molar-refractivity contribution is 0.440. The predicted molar refractivity (Wildman–Crippen MR) is 87.5 cm³/mol. The molecule has 21 heavy (non-hydrogen) atoms. The van der Waals surface area contributed by atoms with Crippen LogP contribution in [0.4, 0.5) is 0 Å². The molecule has 0 bridgehead atoms. The predicted octanol–water partition coefficient (Wildman–Crippen LogP) is 4.09. The maximum atomic E-state index is 5.65. The van der Waals surface area contributed by atoms with Gasteiger partial charge in [0.05, 0.1) is 0 Å². The topological polar surface area (TPSA) is 47.0 Å². The Bertz CT molecular complexity index is 585. The maximum absolute atomic E-state index is 5.65. The van der Waals surface area contributed by atoms with Gasteiger partial charge in [0, 0.05) is 29.0 Å². The molecule has 1 N–H and O–H groups in total. The zero-order valence-corrected chi connectivity index (χ0v) is 14.1. The fourth-order valence-corrected chi connectivity index (χ4v) is 2.02. The van der Waals surface area contributed by atoms with E-state index in [2.05, 4.69) is 45.1 Å². The van der Waals surface area contributed by atoms with Crippen LogP contribution in [0.25, 0.3) is 0 Å². The molecule has 112 valence electrons. The first-order chi connectivity index (χ1) is 10.0. The summed E-state index contributed by atoms with van der Waals surface area (Å²) in [5.74, 6) is 1.37. The Kier molecular flexibility index (Phi) is 5.70. The minimum absolute atomic E-state index is 0.365. The van der Waals surface area contributed by atoms with Crippen molar-refractivity contribution in [1.29, 1.82) is 0 Å². The molecule has 0 fully saturated rings. The van der Waals surface area contributed by atoms with Crippen molar-refractivity contribution < 1.29 is 4.74 Å². The monoisotopic (exact) mass is 349 g/mol. The number of hydrogen-bond acceptors (Lipinski definition) is 4. The summed E-state index contributed by atoms with van der Waals surface area (Å²) >= 11 is 3.46. The molecule has 0 spiro atoms. The number of nitrogens with one attached hydrogen (secondary N) is 1. The summed E-state index contributed by atoms with van der Waals surface area (Å²) in [4.78, 5) is 8.48. The second-order valence-electron chi connectivity index (χ2n) is 5.41. The zero-order chi connectivity index (χ0) is 15.2. The van der Waals surface area contributed by atoms with E-state index in [9.17, 15) is 0 Å². The standard InChI is InChI=1S/C16H20BrN3O/c1-11(2)7-18-8-13-9-19-16(20-10-13)21-14-4-5-15(17)12(3)6-14/h4-6,9-11,18H,7-8H2,1-3H3. The van der Waals surface area contributed by atoms with E-state index < -0.39 is 0 Å². The molecule has 0 aliphatic rings. The molecule has 0 radical (unpaired) electrons. The minimum Gasteiger partial charge on any atom is -0.424 e. The van der Waals surface area contributed by atoms with Gasteiger partial charge in [0.15, 0.2) is 0 Å². The van der Waals surface area contributed by atoms with Crippen molar-refractivity contribution in [3.05, 3.63) is 46.2 Å². The summed E-state index contributed by atoms with van der Waals surface area (Å²) in [6.07, 6.45) is 3.59. The van der Waals surface area contributed by atoms with Crippen LogP contribution in [-0.4, -0.2) is 16.5 Å². The fourth-order valence-electron chi connectivity index (χ4n) is 1.78. The Morgan fingerprint density at radius 1 is 1.24 bits per heavy atom. The summed E-state index contributed by atoms with van der Waals surface area (Å²) in [6, 6.07) is 6.16. The highest BCUT2D eigenvalue weighted by Crippen LogP contribution is 2.24. The molecule has 0 saturated carbocycles. The quantitative estimate of drug-likeness (QED) is 0.853. The van der Waals surface area contributed by atoms with Crippen LogP contribution >= 0.6 is 15.9 Å². The van der Waals surface area contributed by atoms with Crippen molar-refractivity contribution in [2.24, 2.45) is 5.92 Å². The third-order valence-electron chi connectivity index (χ3n) is 2.90. The first kappa shape index (κ1) is 15.9. The number of benzene rings is 1. The van der Waals surface area contributed by atoms with Crippen molar-refractivity contribution >= 4 is 15.9 Å². The largest absolute Gasteiger partial charge is 0.424 e. The van der Waals surface area contributed by atoms with Gasteiger partial charge in [0.1, 0.15) is 5.75 Å². The molecule has 0 unspecified atom stereocenters. The Morgan fingerprint density at radius 2 is 1.95 bits per heavy atom. The third kappa shape index (κ3) is 5.10. The van der Waals surface area contributed by atoms with Crippen molar-refractivity contribution in [1.82, 2.24) is 15.3 Å². The van der Waals surface area contributed by atoms with E-state index in [1.807, 2.05) is 25.1 Å². The van der Waals surface area contributed by atoms with E-state index in [-0.39, 0.29) is 0 Å². The summed E-state index contributed by atoms with van der Waals surface area (Å²) < 4.78 is 6.71. The van der Waals surface area contributed by atoms with Crippen molar-refractivity contribution in [3.8, 4) is 11.8 Å². The van der Waals surface area contributed by atoms with Crippen LogP contribution in [0.15, 0.2) is 35.1 Å². The Hall–Kier alpha value is -1.46. The molecule has 1 heterocycles.